The van der Waals surface area contributed by atoms with Crippen molar-refractivity contribution in [1.29, 1.82) is 0 Å². The van der Waals surface area contributed by atoms with Crippen LogP contribution in [0, 0.1) is 0 Å². The predicted octanol–water partition coefficient (Wildman–Crippen LogP) is 9.67. The molecule has 2 aromatic carbocycles. The van der Waals surface area contributed by atoms with E-state index >= 15 is 0 Å². The quantitative estimate of drug-likeness (QED) is 0.200. The number of benzene rings is 2. The van der Waals surface area contributed by atoms with Gasteiger partial charge in [-0.3, -0.25) is 0 Å². The summed E-state index contributed by atoms with van der Waals surface area (Å²) in [5.41, 5.74) is 16.4. The highest BCUT2D eigenvalue weighted by Crippen LogP contribution is 2.37. The van der Waals surface area contributed by atoms with Gasteiger partial charge in [-0.05, 0) is 95.4 Å². The second kappa shape index (κ2) is 12.2. The fraction of sp³-hybridized carbons (Fsp3) is 0.0909. The molecule has 5 aromatic rings. The normalized spacial score (nSPS) is 15.1. The van der Waals surface area contributed by atoms with Gasteiger partial charge in [0.15, 0.2) is 0 Å². The molecule has 6 heteroatoms. The minimum absolute atomic E-state index is 0.826. The van der Waals surface area contributed by atoms with Crippen LogP contribution in [-0.2, 0) is 0 Å². The van der Waals surface area contributed by atoms with Crippen molar-refractivity contribution in [2.75, 3.05) is 27.2 Å². The Morgan fingerprint density at radius 3 is 1.16 bits per heavy atom. The highest BCUT2D eigenvalue weighted by molar-refractivity contribution is 5.99. The van der Waals surface area contributed by atoms with E-state index in [9.17, 15) is 0 Å². The molecule has 0 saturated heterocycles. The summed E-state index contributed by atoms with van der Waals surface area (Å²) in [4.78, 5) is 22.8. The molecule has 0 unspecified atom stereocenters. The van der Waals surface area contributed by atoms with E-state index in [-0.39, 0.29) is 0 Å². The zero-order valence-electron chi connectivity index (χ0n) is 28.1. The van der Waals surface area contributed by atoms with Crippen molar-refractivity contribution in [3.63, 3.8) is 0 Å². The molecule has 4 aliphatic rings. The zero-order chi connectivity index (χ0) is 33.6. The first-order chi connectivity index (χ1) is 24.6. The molecule has 0 atom stereocenters. The Morgan fingerprint density at radius 1 is 0.440 bits per heavy atom. The van der Waals surface area contributed by atoms with Crippen LogP contribution in [0.3, 0.4) is 0 Å². The largest absolute Gasteiger partial charge is 0.377 e. The Balaban J connectivity index is 1.45. The third-order valence-electron chi connectivity index (χ3n) is 9.67. The number of hydrogen-bond donors (Lipinski definition) is 2. The van der Waals surface area contributed by atoms with Crippen LogP contribution in [-0.4, -0.2) is 56.9 Å². The lowest BCUT2D eigenvalue weighted by Gasteiger charge is -2.18. The van der Waals surface area contributed by atoms with Crippen molar-refractivity contribution in [2.45, 2.75) is 0 Å². The molecule has 242 valence electrons. The highest BCUT2D eigenvalue weighted by atomic mass is 15.1. The molecule has 0 radical (unpaired) electrons. The van der Waals surface area contributed by atoms with Crippen LogP contribution >= 0.6 is 0 Å². The van der Waals surface area contributed by atoms with Gasteiger partial charge in [0, 0.05) is 71.5 Å². The molecule has 0 spiro atoms. The number of rotatable bonds is 4. The van der Waals surface area contributed by atoms with Gasteiger partial charge in [0.2, 0.25) is 0 Å². The van der Waals surface area contributed by atoms with Gasteiger partial charge in [-0.15, -0.1) is 0 Å². The van der Waals surface area contributed by atoms with Crippen LogP contribution in [0.5, 0.6) is 0 Å². The van der Waals surface area contributed by atoms with E-state index in [0.29, 0.717) is 0 Å². The Labute approximate surface area is 291 Å². The molecular weight excluding hydrogens is 613 g/mol. The molecule has 50 heavy (non-hydrogen) atoms. The summed E-state index contributed by atoms with van der Waals surface area (Å²) in [5.74, 6) is 0. The van der Waals surface area contributed by atoms with Crippen LogP contribution < -0.4 is 0 Å². The second-order valence-corrected chi connectivity index (χ2v) is 13.1. The van der Waals surface area contributed by atoms with Gasteiger partial charge in [0.25, 0.3) is 0 Å². The fourth-order valence-electron chi connectivity index (χ4n) is 7.16. The minimum Gasteiger partial charge on any atom is -0.377 e. The lowest BCUT2D eigenvalue weighted by Crippen LogP contribution is -2.13. The first-order valence-corrected chi connectivity index (χ1v) is 17.0. The monoisotopic (exact) mass is 648 g/mol. The summed E-state index contributed by atoms with van der Waals surface area (Å²) in [6.45, 7) is 1.65. The van der Waals surface area contributed by atoms with E-state index in [2.05, 4.69) is 180 Å². The molecule has 0 amide bonds. The van der Waals surface area contributed by atoms with Gasteiger partial charge in [-0.1, -0.05) is 72.8 Å². The van der Waals surface area contributed by atoms with E-state index < -0.39 is 0 Å². The lowest BCUT2D eigenvalue weighted by molar-refractivity contribution is 0.506. The molecule has 3 aromatic heterocycles. The molecule has 0 saturated carbocycles. The molecule has 2 N–H and O–H groups in total. The zero-order valence-corrected chi connectivity index (χ0v) is 28.1. The molecule has 9 rings (SSSR count). The number of fused-ring (bicyclic) bond motifs is 8. The van der Waals surface area contributed by atoms with Gasteiger partial charge in [0.05, 0.1) is 22.8 Å². The summed E-state index contributed by atoms with van der Waals surface area (Å²) in [7, 11) is 4.19. The number of hydrogen-bond acceptors (Lipinski definition) is 4. The standard InChI is InChI=1S/C44H36N6/c1-49-25-21-31(22-26-49)43-37-17-15-35(46-37)41(29-9-5-3-6-10-29)33-13-14-34(45-33)42(30-11-7-4-8-12-30)36-16-18-38(47-36)44(40-20-19-39(43)48-40)32-23-27-50(2)28-24-32/h3-25,27,46-47H,26,28H2,1-2H3. The third kappa shape index (κ3) is 5.31. The predicted molar refractivity (Wildman–Crippen MR) is 209 cm³/mol. The second-order valence-electron chi connectivity index (χ2n) is 13.1. The first kappa shape index (κ1) is 29.7. The maximum Gasteiger partial charge on any atom is 0.0737 e. The summed E-state index contributed by atoms with van der Waals surface area (Å²) in [6, 6.07) is 29.8. The van der Waals surface area contributed by atoms with Crippen LogP contribution in [0.2, 0.25) is 0 Å². The molecular formula is C44H36N6. The van der Waals surface area contributed by atoms with Crippen molar-refractivity contribution >= 4 is 57.5 Å². The number of likely N-dealkylation sites (N-methyl/N-ethyl adjacent to an activating group) is 2. The fourth-order valence-corrected chi connectivity index (χ4v) is 7.16. The number of nitrogens with one attached hydrogen (secondary N) is 2. The van der Waals surface area contributed by atoms with Crippen LogP contribution in [0.15, 0.2) is 122 Å². The van der Waals surface area contributed by atoms with Crippen molar-refractivity contribution in [3.8, 4) is 22.3 Å². The summed E-state index contributed by atoms with van der Waals surface area (Å²) in [5, 5.41) is 0. The van der Waals surface area contributed by atoms with E-state index in [4.69, 9.17) is 9.97 Å². The van der Waals surface area contributed by atoms with Gasteiger partial charge < -0.3 is 19.8 Å². The van der Waals surface area contributed by atoms with Gasteiger partial charge in [-0.25, -0.2) is 9.97 Å². The van der Waals surface area contributed by atoms with E-state index in [0.717, 1.165) is 102 Å². The lowest BCUT2D eigenvalue weighted by atomic mass is 10.0. The third-order valence-corrected chi connectivity index (χ3v) is 9.67. The Hall–Kier alpha value is -6.40. The smallest absolute Gasteiger partial charge is 0.0737 e. The maximum atomic E-state index is 5.41. The van der Waals surface area contributed by atoms with Crippen LogP contribution in [0.25, 0.3) is 79.8 Å². The Kier molecular flexibility index (Phi) is 7.28. The SMILES string of the molecule is CN1C=CC(c2c3nc(c(C4=CCN(C)C=C4)c4ccc([nH]4)c(-c4ccccc4)c4nc(c(-c5ccccc5)c5ccc2[nH]5)C=C4)C=C3)=CC1. The molecule has 4 aliphatic heterocycles. The highest BCUT2D eigenvalue weighted by Gasteiger charge is 2.20. The van der Waals surface area contributed by atoms with E-state index in [1.54, 1.807) is 0 Å². The van der Waals surface area contributed by atoms with Crippen LogP contribution in [0.1, 0.15) is 33.9 Å². The minimum atomic E-state index is 0.826. The molecule has 0 fully saturated rings. The first-order valence-electron chi connectivity index (χ1n) is 17.0. The number of H-pyrrole nitrogens is 2. The average molecular weight is 649 g/mol. The molecule has 8 bridgehead atoms. The topological polar surface area (TPSA) is 63.8 Å². The van der Waals surface area contributed by atoms with Crippen molar-refractivity contribution in [2.24, 2.45) is 0 Å². The maximum absolute atomic E-state index is 5.41. The number of aromatic nitrogens is 4. The number of allylic oxidation sites excluding steroid dienone is 4. The summed E-state index contributed by atoms with van der Waals surface area (Å²) < 4.78 is 0. The number of aromatic amines is 2. The Bertz CT molecular complexity index is 2330. The molecule has 6 nitrogen and oxygen atoms in total. The van der Waals surface area contributed by atoms with Crippen molar-refractivity contribution < 1.29 is 0 Å². The van der Waals surface area contributed by atoms with E-state index in [1.165, 1.54) is 0 Å². The van der Waals surface area contributed by atoms with Gasteiger partial charge in [-0.2, -0.15) is 0 Å². The van der Waals surface area contributed by atoms with Gasteiger partial charge in [0.1, 0.15) is 0 Å². The molecule has 7 heterocycles. The Morgan fingerprint density at radius 2 is 0.800 bits per heavy atom. The van der Waals surface area contributed by atoms with Crippen LogP contribution in [0.4, 0.5) is 0 Å². The van der Waals surface area contributed by atoms with Crippen molar-refractivity contribution in [1.82, 2.24) is 29.7 Å². The van der Waals surface area contributed by atoms with E-state index in [1.807, 2.05) is 0 Å². The number of nitrogens with zero attached hydrogens (tertiary/aromatic N) is 4. The van der Waals surface area contributed by atoms with Crippen molar-refractivity contribution in [3.05, 3.63) is 156 Å². The molecule has 0 aliphatic carbocycles. The average Bonchev–Trinajstić information content (AvgIpc) is 3.98. The summed E-state index contributed by atoms with van der Waals surface area (Å²) >= 11 is 0. The van der Waals surface area contributed by atoms with Gasteiger partial charge >= 0.3 is 0 Å². The summed E-state index contributed by atoms with van der Waals surface area (Å²) in [6.07, 6.45) is 21.8.